The second-order valence-corrected chi connectivity index (χ2v) is 6.19. The van der Waals surface area contributed by atoms with E-state index in [1.54, 1.807) is 6.07 Å². The summed E-state index contributed by atoms with van der Waals surface area (Å²) in [4.78, 5) is 3.20. The standard InChI is InChI=1S/C17H24N2O6/c1-18-5-4-9-7-19-12-3-2-10(6-11(9)12)24-17-16(23)15(22)14(21)13(8-20)25-17/h2-3,6-7,13-23H,4-5,8H2,1H3/t13-,14-,15+,16-,17-/m1/s1. The number of rotatable bonds is 6. The van der Waals surface area contributed by atoms with Gasteiger partial charge < -0.3 is 40.2 Å². The van der Waals surface area contributed by atoms with Gasteiger partial charge in [-0.05, 0) is 43.8 Å². The minimum atomic E-state index is -1.46. The molecule has 5 atom stereocenters. The molecule has 0 bridgehead atoms. The summed E-state index contributed by atoms with van der Waals surface area (Å²) in [6, 6.07) is 5.41. The van der Waals surface area contributed by atoms with Gasteiger partial charge in [0, 0.05) is 17.1 Å². The van der Waals surface area contributed by atoms with E-state index < -0.39 is 37.3 Å². The summed E-state index contributed by atoms with van der Waals surface area (Å²) in [5.41, 5.74) is 2.09. The Hall–Kier alpha value is -1.68. The van der Waals surface area contributed by atoms with Crippen molar-refractivity contribution in [1.29, 1.82) is 0 Å². The zero-order valence-electron chi connectivity index (χ0n) is 13.9. The lowest BCUT2D eigenvalue weighted by molar-refractivity contribution is -0.277. The smallest absolute Gasteiger partial charge is 0.229 e. The summed E-state index contributed by atoms with van der Waals surface area (Å²) in [5.74, 6) is 0.460. The van der Waals surface area contributed by atoms with Crippen LogP contribution in [0.4, 0.5) is 0 Å². The molecule has 3 rings (SSSR count). The van der Waals surface area contributed by atoms with Crippen molar-refractivity contribution in [3.05, 3.63) is 30.0 Å². The van der Waals surface area contributed by atoms with Crippen LogP contribution in [0.1, 0.15) is 5.56 Å². The number of aliphatic hydroxyl groups excluding tert-OH is 4. The molecule has 0 radical (unpaired) electrons. The summed E-state index contributed by atoms with van der Waals surface area (Å²) in [5, 5.41) is 43.1. The summed E-state index contributed by atoms with van der Waals surface area (Å²) in [6.45, 7) is 0.348. The monoisotopic (exact) mass is 352 g/mol. The average molecular weight is 352 g/mol. The maximum Gasteiger partial charge on any atom is 0.229 e. The second-order valence-electron chi connectivity index (χ2n) is 6.19. The van der Waals surface area contributed by atoms with Crippen LogP contribution in [0.25, 0.3) is 10.9 Å². The molecule has 0 amide bonds. The molecule has 1 aliphatic heterocycles. The molecule has 25 heavy (non-hydrogen) atoms. The maximum atomic E-state index is 10.1. The Kier molecular flexibility index (Phi) is 5.57. The van der Waals surface area contributed by atoms with E-state index in [4.69, 9.17) is 9.47 Å². The van der Waals surface area contributed by atoms with Crippen LogP contribution in [0.3, 0.4) is 0 Å². The van der Waals surface area contributed by atoms with Crippen molar-refractivity contribution in [3.8, 4) is 5.75 Å². The van der Waals surface area contributed by atoms with Gasteiger partial charge in [0.25, 0.3) is 0 Å². The number of benzene rings is 1. The van der Waals surface area contributed by atoms with Crippen molar-refractivity contribution < 1.29 is 29.9 Å². The second kappa shape index (κ2) is 7.69. The molecule has 1 aliphatic rings. The minimum Gasteiger partial charge on any atom is -0.462 e. The van der Waals surface area contributed by atoms with Crippen LogP contribution in [0.15, 0.2) is 24.4 Å². The van der Waals surface area contributed by atoms with E-state index in [0.717, 1.165) is 29.4 Å². The third-order valence-corrected chi connectivity index (χ3v) is 4.48. The van der Waals surface area contributed by atoms with Crippen LogP contribution in [0.5, 0.6) is 5.75 Å². The van der Waals surface area contributed by atoms with E-state index in [1.807, 2.05) is 25.4 Å². The highest BCUT2D eigenvalue weighted by atomic mass is 16.7. The molecule has 1 aromatic heterocycles. The van der Waals surface area contributed by atoms with Crippen LogP contribution >= 0.6 is 0 Å². The van der Waals surface area contributed by atoms with Gasteiger partial charge in [-0.1, -0.05) is 0 Å². The number of aliphatic hydroxyl groups is 4. The van der Waals surface area contributed by atoms with E-state index in [0.29, 0.717) is 5.75 Å². The molecule has 8 heteroatoms. The number of aromatic nitrogens is 1. The van der Waals surface area contributed by atoms with Crippen molar-refractivity contribution >= 4 is 10.9 Å². The highest BCUT2D eigenvalue weighted by Crippen LogP contribution is 2.28. The molecule has 1 fully saturated rings. The molecular weight excluding hydrogens is 328 g/mol. The molecule has 0 saturated carbocycles. The van der Waals surface area contributed by atoms with Crippen LogP contribution < -0.4 is 10.1 Å². The van der Waals surface area contributed by atoms with Gasteiger partial charge in [0.2, 0.25) is 6.29 Å². The number of hydrogen-bond donors (Lipinski definition) is 6. The molecule has 0 aliphatic carbocycles. The first-order chi connectivity index (χ1) is 12.0. The summed E-state index contributed by atoms with van der Waals surface area (Å²) >= 11 is 0. The lowest BCUT2D eigenvalue weighted by atomic mass is 9.99. The molecule has 0 spiro atoms. The maximum absolute atomic E-state index is 10.1. The van der Waals surface area contributed by atoms with Gasteiger partial charge in [-0.2, -0.15) is 0 Å². The molecule has 138 valence electrons. The Morgan fingerprint density at radius 1 is 1.20 bits per heavy atom. The lowest BCUT2D eigenvalue weighted by Crippen LogP contribution is -2.60. The van der Waals surface area contributed by atoms with Crippen molar-refractivity contribution in [3.63, 3.8) is 0 Å². The minimum absolute atomic E-state index is 0.460. The fourth-order valence-corrected chi connectivity index (χ4v) is 3.00. The highest BCUT2D eigenvalue weighted by molar-refractivity contribution is 5.84. The van der Waals surface area contributed by atoms with E-state index >= 15 is 0 Å². The van der Waals surface area contributed by atoms with E-state index in [1.165, 1.54) is 0 Å². The first-order valence-corrected chi connectivity index (χ1v) is 8.27. The van der Waals surface area contributed by atoms with Gasteiger partial charge in [-0.15, -0.1) is 0 Å². The summed E-state index contributed by atoms with van der Waals surface area (Å²) in [6.07, 6.45) is -3.68. The zero-order valence-corrected chi connectivity index (χ0v) is 13.9. The fraction of sp³-hybridized carbons (Fsp3) is 0.529. The van der Waals surface area contributed by atoms with Crippen LogP contribution in [0.2, 0.25) is 0 Å². The Balaban J connectivity index is 1.79. The number of aromatic amines is 1. The number of H-pyrrole nitrogens is 1. The van der Waals surface area contributed by atoms with Gasteiger partial charge in [0.05, 0.1) is 6.61 Å². The first kappa shape index (κ1) is 18.1. The van der Waals surface area contributed by atoms with Crippen LogP contribution in [-0.4, -0.2) is 76.3 Å². The van der Waals surface area contributed by atoms with Gasteiger partial charge in [-0.25, -0.2) is 0 Å². The SMILES string of the molecule is CNCCc1c[nH]c2ccc(O[C@@H]3O[C@H](CO)[C@@H](O)[C@H](O)[C@H]3O)cc12. The first-order valence-electron chi connectivity index (χ1n) is 8.27. The summed E-state index contributed by atoms with van der Waals surface area (Å²) < 4.78 is 11.0. The predicted octanol–water partition coefficient (Wildman–Crippen LogP) is -0.891. The van der Waals surface area contributed by atoms with Gasteiger partial charge in [0.1, 0.15) is 30.2 Å². The zero-order chi connectivity index (χ0) is 18.0. The Bertz CT molecular complexity index is 704. The lowest BCUT2D eigenvalue weighted by Gasteiger charge is -2.39. The van der Waals surface area contributed by atoms with Crippen molar-refractivity contribution in [2.75, 3.05) is 20.2 Å². The molecule has 0 unspecified atom stereocenters. The molecule has 1 saturated heterocycles. The number of hydrogen-bond acceptors (Lipinski definition) is 7. The topological polar surface area (TPSA) is 127 Å². The third kappa shape index (κ3) is 3.64. The van der Waals surface area contributed by atoms with Crippen molar-refractivity contribution in [2.24, 2.45) is 0 Å². The number of fused-ring (bicyclic) bond motifs is 1. The number of ether oxygens (including phenoxy) is 2. The van der Waals surface area contributed by atoms with E-state index in [2.05, 4.69) is 10.3 Å². The molecule has 8 nitrogen and oxygen atoms in total. The van der Waals surface area contributed by atoms with Gasteiger partial charge >= 0.3 is 0 Å². The molecule has 2 heterocycles. The normalized spacial score (nSPS) is 29.9. The number of nitrogens with one attached hydrogen (secondary N) is 2. The number of likely N-dealkylation sites (N-methyl/N-ethyl adjacent to an activating group) is 1. The Morgan fingerprint density at radius 2 is 2.00 bits per heavy atom. The van der Waals surface area contributed by atoms with Crippen molar-refractivity contribution in [1.82, 2.24) is 10.3 Å². The quantitative estimate of drug-likeness (QED) is 0.398. The van der Waals surface area contributed by atoms with Crippen LogP contribution in [0, 0.1) is 0 Å². The molecular formula is C17H24N2O6. The van der Waals surface area contributed by atoms with E-state index in [-0.39, 0.29) is 0 Å². The van der Waals surface area contributed by atoms with Crippen LogP contribution in [-0.2, 0) is 11.2 Å². The Morgan fingerprint density at radius 3 is 2.72 bits per heavy atom. The molecule has 2 aromatic rings. The average Bonchev–Trinajstić information content (AvgIpc) is 3.02. The molecule has 6 N–H and O–H groups in total. The largest absolute Gasteiger partial charge is 0.462 e. The van der Waals surface area contributed by atoms with Gasteiger partial charge in [0.15, 0.2) is 0 Å². The predicted molar refractivity (Wildman–Crippen MR) is 90.3 cm³/mol. The summed E-state index contributed by atoms with van der Waals surface area (Å²) in [7, 11) is 1.89. The van der Waals surface area contributed by atoms with Gasteiger partial charge in [-0.3, -0.25) is 0 Å². The Labute approximate surface area is 145 Å². The molecule has 1 aromatic carbocycles. The third-order valence-electron chi connectivity index (χ3n) is 4.48. The fourth-order valence-electron chi connectivity index (χ4n) is 3.00. The highest BCUT2D eigenvalue weighted by Gasteiger charge is 2.44. The van der Waals surface area contributed by atoms with E-state index in [9.17, 15) is 20.4 Å². The van der Waals surface area contributed by atoms with Crippen molar-refractivity contribution in [2.45, 2.75) is 37.1 Å².